The predicted molar refractivity (Wildman–Crippen MR) is 242 cm³/mol. The summed E-state index contributed by atoms with van der Waals surface area (Å²) in [6.07, 6.45) is 6.69. The van der Waals surface area contributed by atoms with Crippen LogP contribution in [0.25, 0.3) is 0 Å². The Kier molecular flexibility index (Phi) is 12.9. The van der Waals surface area contributed by atoms with E-state index in [4.69, 9.17) is 21.1 Å². The van der Waals surface area contributed by atoms with Crippen molar-refractivity contribution in [3.8, 4) is 17.6 Å². The number of aromatic nitrogens is 2. The van der Waals surface area contributed by atoms with Gasteiger partial charge in [-0.15, -0.1) is 0 Å². The molecule has 3 aromatic carbocycles. The third kappa shape index (κ3) is 9.62. The summed E-state index contributed by atoms with van der Waals surface area (Å²) in [6, 6.07) is 18.4. The summed E-state index contributed by atoms with van der Waals surface area (Å²) in [6.45, 7) is 9.55. The Morgan fingerprint density at radius 2 is 1.74 bits per heavy atom. The standard InChI is InChI=1S/C46H52ClN8O6P/c1-60-39-28-32(13-14-36(39)50-45-48-29-35(47)42(52-45)49-37-11-4-5-12-40(37)62(2,3)59)54-23-19-46(20-24-54)17-21-53(22-18-46)25-27-61-26-7-9-31-8-6-10-33-34(31)30-55(44(33)58)38-15-16-41(56)51-43(38)57/h4-6,8,10-14,28-29,38H,15-27,30H2,1-3H3,(H,51,56,57)(H2,48,49,50,52). The van der Waals surface area contributed by atoms with Gasteiger partial charge in [0.1, 0.15) is 30.6 Å². The molecule has 0 bridgehead atoms. The number of nitrogens with one attached hydrogen (secondary N) is 3. The average Bonchev–Trinajstić information content (AvgIpc) is 3.60. The van der Waals surface area contributed by atoms with Gasteiger partial charge in [0.2, 0.25) is 17.8 Å². The van der Waals surface area contributed by atoms with E-state index in [9.17, 15) is 18.9 Å². The highest BCUT2D eigenvalue weighted by molar-refractivity contribution is 7.70. The van der Waals surface area contributed by atoms with E-state index >= 15 is 0 Å². The number of likely N-dealkylation sites (tertiary alicyclic amines) is 1. The van der Waals surface area contributed by atoms with E-state index < -0.39 is 19.1 Å². The first-order chi connectivity index (χ1) is 29.9. The SMILES string of the molecule is COc1cc(N2CCC3(CCN(CCOCC#Cc4cccc5c4CN(C4CCC(=O)NC4=O)C5=O)CC3)CC2)ccc1Nc1ncc(Cl)c(Nc2ccccc2P(C)(C)=O)n1. The minimum Gasteiger partial charge on any atom is -0.494 e. The van der Waals surface area contributed by atoms with Gasteiger partial charge in [-0.1, -0.05) is 41.6 Å². The third-order valence-corrected chi connectivity index (χ3v) is 14.4. The number of carbonyl (C=O) groups excluding carboxylic acids is 3. The molecule has 0 saturated carbocycles. The van der Waals surface area contributed by atoms with Crippen molar-refractivity contribution in [1.82, 2.24) is 25.1 Å². The first-order valence-electron chi connectivity index (χ1n) is 21.1. The number of amides is 3. The van der Waals surface area contributed by atoms with Crippen LogP contribution in [0.5, 0.6) is 5.75 Å². The summed E-state index contributed by atoms with van der Waals surface area (Å²) in [7, 11) is -0.894. The van der Waals surface area contributed by atoms with Crippen LogP contribution in [0.2, 0.25) is 5.02 Å². The van der Waals surface area contributed by atoms with E-state index in [1.54, 1.807) is 31.4 Å². The molecule has 1 atom stereocenters. The highest BCUT2D eigenvalue weighted by atomic mass is 35.5. The molecule has 3 amide bonds. The number of anilines is 5. The van der Waals surface area contributed by atoms with E-state index in [1.165, 1.54) is 19.0 Å². The Labute approximate surface area is 367 Å². The summed E-state index contributed by atoms with van der Waals surface area (Å²) >= 11 is 6.49. The smallest absolute Gasteiger partial charge is 0.255 e. The first kappa shape index (κ1) is 43.2. The lowest BCUT2D eigenvalue weighted by Gasteiger charge is -2.47. The van der Waals surface area contributed by atoms with Crippen molar-refractivity contribution in [2.45, 2.75) is 51.1 Å². The maximum atomic E-state index is 13.1. The van der Waals surface area contributed by atoms with Gasteiger partial charge in [-0.3, -0.25) is 19.7 Å². The quantitative estimate of drug-likeness (QED) is 0.0625. The molecular formula is C46H52ClN8O6P. The van der Waals surface area contributed by atoms with Gasteiger partial charge in [0.05, 0.1) is 31.3 Å². The van der Waals surface area contributed by atoms with Gasteiger partial charge >= 0.3 is 0 Å². The van der Waals surface area contributed by atoms with Crippen molar-refractivity contribution in [2.24, 2.45) is 5.41 Å². The molecule has 16 heteroatoms. The lowest BCUT2D eigenvalue weighted by molar-refractivity contribution is -0.136. The molecule has 62 heavy (non-hydrogen) atoms. The number of rotatable bonds is 12. The molecular weight excluding hydrogens is 827 g/mol. The molecule has 1 aromatic heterocycles. The predicted octanol–water partition coefficient (Wildman–Crippen LogP) is 6.39. The maximum Gasteiger partial charge on any atom is 0.255 e. The van der Waals surface area contributed by atoms with Crippen LogP contribution in [-0.4, -0.2) is 110 Å². The Hall–Kier alpha value is -5.45. The van der Waals surface area contributed by atoms with E-state index in [0.717, 1.165) is 73.4 Å². The van der Waals surface area contributed by atoms with Crippen LogP contribution in [-0.2, 0) is 25.4 Å². The Balaban J connectivity index is 0.783. The molecule has 4 aromatic rings. The molecule has 8 rings (SSSR count). The molecule has 3 saturated heterocycles. The zero-order chi connectivity index (χ0) is 43.4. The molecule has 4 aliphatic rings. The van der Waals surface area contributed by atoms with Gasteiger partial charge < -0.3 is 39.4 Å². The highest BCUT2D eigenvalue weighted by Crippen LogP contribution is 2.43. The van der Waals surface area contributed by atoms with Gasteiger partial charge in [-0.25, -0.2) is 4.98 Å². The summed E-state index contributed by atoms with van der Waals surface area (Å²) in [5, 5.41) is 9.95. The maximum absolute atomic E-state index is 13.1. The van der Waals surface area contributed by atoms with Crippen molar-refractivity contribution < 1.29 is 28.4 Å². The lowest BCUT2D eigenvalue weighted by Crippen LogP contribution is -2.52. The summed E-state index contributed by atoms with van der Waals surface area (Å²) in [5.74, 6) is 6.79. The van der Waals surface area contributed by atoms with Crippen LogP contribution in [0, 0.1) is 17.3 Å². The van der Waals surface area contributed by atoms with Gasteiger partial charge in [-0.05, 0) is 106 Å². The minimum absolute atomic E-state index is 0.203. The van der Waals surface area contributed by atoms with E-state index in [1.807, 2.05) is 42.5 Å². The van der Waals surface area contributed by atoms with Crippen LogP contribution in [0.15, 0.2) is 66.9 Å². The van der Waals surface area contributed by atoms with Gasteiger partial charge in [0, 0.05) is 60.8 Å². The largest absolute Gasteiger partial charge is 0.494 e. The number of nitrogens with zero attached hydrogens (tertiary/aromatic N) is 5. The number of hydrogen-bond acceptors (Lipinski definition) is 12. The van der Waals surface area contributed by atoms with Crippen LogP contribution >= 0.6 is 18.7 Å². The highest BCUT2D eigenvalue weighted by Gasteiger charge is 2.40. The second kappa shape index (κ2) is 18.5. The normalized spacial score (nSPS) is 18.8. The number of hydrogen-bond donors (Lipinski definition) is 3. The molecule has 1 unspecified atom stereocenters. The van der Waals surface area contributed by atoms with Crippen LogP contribution in [0.1, 0.15) is 60.0 Å². The third-order valence-electron chi connectivity index (χ3n) is 12.6. The number of methoxy groups -OCH3 is 1. The van der Waals surface area contributed by atoms with E-state index in [-0.39, 0.29) is 24.8 Å². The number of ether oxygens (including phenoxy) is 2. The van der Waals surface area contributed by atoms with Crippen molar-refractivity contribution >= 4 is 70.6 Å². The van der Waals surface area contributed by atoms with Gasteiger partial charge in [0.25, 0.3) is 5.91 Å². The number of halogens is 1. The molecule has 0 radical (unpaired) electrons. The van der Waals surface area contributed by atoms with Crippen LogP contribution in [0.3, 0.4) is 0 Å². The molecule has 0 aliphatic carbocycles. The first-order valence-corrected chi connectivity index (χ1v) is 24.1. The number of piperidine rings is 3. The molecule has 5 heterocycles. The Morgan fingerprint density at radius 3 is 2.50 bits per heavy atom. The second-order valence-electron chi connectivity index (χ2n) is 16.8. The van der Waals surface area contributed by atoms with Crippen molar-refractivity contribution in [3.05, 3.63) is 88.6 Å². The number of carbonyl (C=O) groups is 3. The summed E-state index contributed by atoms with van der Waals surface area (Å²) < 4.78 is 24.7. The summed E-state index contributed by atoms with van der Waals surface area (Å²) in [5.41, 5.74) is 5.00. The lowest BCUT2D eigenvalue weighted by atomic mass is 9.71. The van der Waals surface area contributed by atoms with Crippen molar-refractivity contribution in [3.63, 3.8) is 0 Å². The molecule has 4 aliphatic heterocycles. The van der Waals surface area contributed by atoms with Gasteiger partial charge in [0.15, 0.2) is 5.82 Å². The molecule has 14 nitrogen and oxygen atoms in total. The fourth-order valence-corrected chi connectivity index (χ4v) is 10.2. The monoisotopic (exact) mass is 878 g/mol. The fraction of sp³-hybridized carbons (Fsp3) is 0.413. The number of para-hydroxylation sites is 1. The topological polar surface area (TPSA) is 158 Å². The molecule has 3 fully saturated rings. The van der Waals surface area contributed by atoms with E-state index in [0.29, 0.717) is 58.8 Å². The molecule has 324 valence electrons. The number of imide groups is 1. The zero-order valence-corrected chi connectivity index (χ0v) is 37.0. The van der Waals surface area contributed by atoms with Gasteiger partial charge in [-0.2, -0.15) is 4.98 Å². The number of fused-ring (bicyclic) bond motifs is 1. The number of benzene rings is 3. The Bertz CT molecular complexity index is 2470. The molecule has 3 N–H and O–H groups in total. The van der Waals surface area contributed by atoms with Crippen LogP contribution < -0.4 is 30.9 Å². The minimum atomic E-state index is -2.55. The summed E-state index contributed by atoms with van der Waals surface area (Å²) in [4.78, 5) is 52.7. The van der Waals surface area contributed by atoms with Crippen molar-refractivity contribution in [1.29, 1.82) is 0 Å². The molecule has 1 spiro atoms. The van der Waals surface area contributed by atoms with Crippen LogP contribution in [0.4, 0.5) is 28.8 Å². The fourth-order valence-electron chi connectivity index (χ4n) is 8.93. The van der Waals surface area contributed by atoms with Crippen molar-refractivity contribution in [2.75, 3.05) is 81.9 Å². The second-order valence-corrected chi connectivity index (χ2v) is 20.4. The Morgan fingerprint density at radius 1 is 0.968 bits per heavy atom. The average molecular weight is 879 g/mol. The zero-order valence-electron chi connectivity index (χ0n) is 35.3. The van der Waals surface area contributed by atoms with E-state index in [2.05, 4.69) is 59.7 Å².